The maximum Gasteiger partial charge on any atom is 0.417 e. The number of nitriles is 1. The van der Waals surface area contributed by atoms with E-state index in [0.717, 1.165) is 42.1 Å². The molecule has 1 aliphatic carbocycles. The van der Waals surface area contributed by atoms with Crippen LogP contribution in [0, 0.1) is 17.2 Å². The van der Waals surface area contributed by atoms with Crippen LogP contribution in [0.15, 0.2) is 46.3 Å². The summed E-state index contributed by atoms with van der Waals surface area (Å²) in [5, 5.41) is 13.7. The quantitative estimate of drug-likeness (QED) is 0.726. The van der Waals surface area contributed by atoms with E-state index < -0.39 is 22.9 Å². The average molecular weight is 387 g/mol. The number of hydrogen-bond donors (Lipinski definition) is 0. The van der Waals surface area contributed by atoms with E-state index in [2.05, 4.69) is 5.10 Å². The summed E-state index contributed by atoms with van der Waals surface area (Å²) >= 11 is 0. The van der Waals surface area contributed by atoms with Gasteiger partial charge in [-0.1, -0.05) is 43.7 Å². The van der Waals surface area contributed by atoms with Gasteiger partial charge in [0.1, 0.15) is 11.6 Å². The average Bonchev–Trinajstić information content (AvgIpc) is 2.69. The van der Waals surface area contributed by atoms with Crippen molar-refractivity contribution in [2.24, 2.45) is 11.0 Å². The van der Waals surface area contributed by atoms with Gasteiger partial charge in [0.25, 0.3) is 5.56 Å². The fourth-order valence-corrected chi connectivity index (χ4v) is 3.61. The first-order valence-electron chi connectivity index (χ1n) is 9.27. The fraction of sp³-hybridized carbons (Fsp3) is 0.381. The second-order valence-corrected chi connectivity index (χ2v) is 6.85. The van der Waals surface area contributed by atoms with Crippen molar-refractivity contribution in [2.45, 2.75) is 45.2 Å². The van der Waals surface area contributed by atoms with E-state index in [1.807, 2.05) is 6.92 Å². The third-order valence-electron chi connectivity index (χ3n) is 5.10. The lowest BCUT2D eigenvalue weighted by Gasteiger charge is -2.23. The lowest BCUT2D eigenvalue weighted by molar-refractivity contribution is -0.137. The molecule has 3 rings (SSSR count). The van der Waals surface area contributed by atoms with Gasteiger partial charge >= 0.3 is 6.18 Å². The van der Waals surface area contributed by atoms with Crippen LogP contribution >= 0.6 is 0 Å². The highest BCUT2D eigenvalue weighted by Crippen LogP contribution is 2.34. The topological polar surface area (TPSA) is 58.1 Å². The summed E-state index contributed by atoms with van der Waals surface area (Å²) in [6.07, 6.45) is -0.333. The minimum atomic E-state index is -4.81. The van der Waals surface area contributed by atoms with E-state index >= 15 is 0 Å². The molecule has 1 saturated carbocycles. The zero-order chi connectivity index (χ0) is 20.3. The van der Waals surface area contributed by atoms with E-state index in [1.165, 1.54) is 6.07 Å². The van der Waals surface area contributed by atoms with E-state index in [4.69, 9.17) is 0 Å². The third-order valence-corrected chi connectivity index (χ3v) is 5.10. The Morgan fingerprint density at radius 2 is 1.96 bits per heavy atom. The Hall–Kier alpha value is -2.88. The van der Waals surface area contributed by atoms with Gasteiger partial charge in [0, 0.05) is 11.3 Å². The molecular weight excluding hydrogens is 367 g/mol. The largest absolute Gasteiger partial charge is 0.417 e. The van der Waals surface area contributed by atoms with Crippen molar-refractivity contribution in [3.63, 3.8) is 0 Å². The predicted molar refractivity (Wildman–Crippen MR) is 101 cm³/mol. The van der Waals surface area contributed by atoms with Crippen molar-refractivity contribution < 1.29 is 13.2 Å². The van der Waals surface area contributed by atoms with Crippen molar-refractivity contribution in [1.29, 1.82) is 5.26 Å². The normalized spacial score (nSPS) is 18.8. The summed E-state index contributed by atoms with van der Waals surface area (Å²) in [6.45, 7) is 2.03. The zero-order valence-electron chi connectivity index (χ0n) is 15.5. The monoisotopic (exact) mass is 387 g/mol. The summed E-state index contributed by atoms with van der Waals surface area (Å²) in [7, 11) is 0. The van der Waals surface area contributed by atoms with E-state index in [0.29, 0.717) is 12.0 Å². The molecule has 28 heavy (non-hydrogen) atoms. The first-order chi connectivity index (χ1) is 13.4. The number of benzene rings is 1. The Kier molecular flexibility index (Phi) is 5.68. The molecule has 1 aromatic heterocycles. The van der Waals surface area contributed by atoms with Crippen LogP contribution in [0.1, 0.15) is 50.2 Å². The number of rotatable bonds is 3. The smallest absolute Gasteiger partial charge is 0.266 e. The molecule has 1 unspecified atom stereocenters. The Morgan fingerprint density at radius 1 is 1.25 bits per heavy atom. The van der Waals surface area contributed by atoms with Gasteiger partial charge < -0.3 is 0 Å². The Labute approximate surface area is 160 Å². The maximum absolute atomic E-state index is 13.5. The molecule has 7 heteroatoms. The number of hydrogen-bond acceptors (Lipinski definition) is 3. The van der Waals surface area contributed by atoms with E-state index in [-0.39, 0.29) is 11.6 Å². The summed E-state index contributed by atoms with van der Waals surface area (Å²) in [6, 6.07) is 10.6. The third kappa shape index (κ3) is 3.86. The molecule has 1 heterocycles. The van der Waals surface area contributed by atoms with Gasteiger partial charge in [-0.3, -0.25) is 4.79 Å². The molecule has 0 aliphatic heterocycles. The predicted octanol–water partition coefficient (Wildman–Crippen LogP) is 5.21. The molecule has 0 N–H and O–H groups in total. The van der Waals surface area contributed by atoms with E-state index in [1.54, 1.807) is 30.3 Å². The first kappa shape index (κ1) is 19.9. The summed E-state index contributed by atoms with van der Waals surface area (Å²) in [5.41, 5.74) is -1.93. The molecule has 1 atom stereocenters. The first-order valence-corrected chi connectivity index (χ1v) is 9.27. The molecule has 1 aromatic carbocycles. The molecule has 0 spiro atoms. The molecule has 2 aromatic rings. The van der Waals surface area contributed by atoms with Crippen LogP contribution in [0.3, 0.4) is 0 Å². The molecule has 0 radical (unpaired) electrons. The van der Waals surface area contributed by atoms with Crippen LogP contribution in [0.2, 0.25) is 0 Å². The summed E-state index contributed by atoms with van der Waals surface area (Å²) < 4.78 is 41.4. The molecule has 0 saturated heterocycles. The minimum Gasteiger partial charge on any atom is -0.266 e. The van der Waals surface area contributed by atoms with Crippen LogP contribution < -0.4 is 5.56 Å². The second-order valence-electron chi connectivity index (χ2n) is 6.85. The number of halogens is 3. The number of pyridine rings is 1. The Balaban J connectivity index is 2.32. The SMILES string of the molecule is CCC1CCCC/C1=N/n1c(-c2ccccc2)cc(C(F)(F)F)c(C#N)c1=O. The lowest BCUT2D eigenvalue weighted by Crippen LogP contribution is -2.28. The Morgan fingerprint density at radius 3 is 2.57 bits per heavy atom. The van der Waals surface area contributed by atoms with Crippen molar-refractivity contribution in [1.82, 2.24) is 4.68 Å². The highest BCUT2D eigenvalue weighted by molar-refractivity contribution is 5.87. The molecule has 0 bridgehead atoms. The van der Waals surface area contributed by atoms with Crippen LogP contribution in [0.25, 0.3) is 11.3 Å². The molecule has 1 aliphatic rings. The number of aromatic nitrogens is 1. The van der Waals surface area contributed by atoms with Gasteiger partial charge in [-0.05, 0) is 37.7 Å². The second kappa shape index (κ2) is 8.01. The summed E-state index contributed by atoms with van der Waals surface area (Å²) in [5.74, 6) is 0.192. The van der Waals surface area contributed by atoms with Gasteiger partial charge in [-0.2, -0.15) is 28.2 Å². The van der Waals surface area contributed by atoms with Crippen LogP contribution in [-0.4, -0.2) is 10.4 Å². The standard InChI is InChI=1S/C21H20F3N3O/c1-2-14-8-6-7-11-18(14)26-27-19(15-9-4-3-5-10-15)12-17(21(22,23)24)16(13-25)20(27)28/h3-5,9-10,12,14H,2,6-8,11H2,1H3/b26-18-. The zero-order valence-corrected chi connectivity index (χ0v) is 15.5. The van der Waals surface area contributed by atoms with Crippen LogP contribution in [0.4, 0.5) is 13.2 Å². The Bertz CT molecular complexity index is 985. The fourth-order valence-electron chi connectivity index (χ4n) is 3.61. The molecule has 146 valence electrons. The van der Waals surface area contributed by atoms with Gasteiger partial charge in [-0.25, -0.2) is 0 Å². The number of alkyl halides is 3. The molecule has 0 amide bonds. The highest BCUT2D eigenvalue weighted by Gasteiger charge is 2.36. The van der Waals surface area contributed by atoms with Crippen molar-refractivity contribution in [3.05, 3.63) is 57.9 Å². The number of nitrogens with zero attached hydrogens (tertiary/aromatic N) is 3. The van der Waals surface area contributed by atoms with Crippen LogP contribution in [0.5, 0.6) is 0 Å². The summed E-state index contributed by atoms with van der Waals surface area (Å²) in [4.78, 5) is 12.9. The van der Waals surface area contributed by atoms with Crippen molar-refractivity contribution >= 4 is 5.71 Å². The van der Waals surface area contributed by atoms with Gasteiger partial charge in [-0.15, -0.1) is 0 Å². The van der Waals surface area contributed by atoms with Gasteiger partial charge in [0.2, 0.25) is 0 Å². The molecular formula is C21H20F3N3O. The highest BCUT2D eigenvalue weighted by atomic mass is 19.4. The maximum atomic E-state index is 13.5. The van der Waals surface area contributed by atoms with Crippen molar-refractivity contribution in [2.75, 3.05) is 0 Å². The van der Waals surface area contributed by atoms with Gasteiger partial charge in [0.05, 0.1) is 11.3 Å². The van der Waals surface area contributed by atoms with E-state index in [9.17, 15) is 23.2 Å². The van der Waals surface area contributed by atoms with Gasteiger partial charge in [0.15, 0.2) is 0 Å². The van der Waals surface area contributed by atoms with Crippen molar-refractivity contribution in [3.8, 4) is 17.3 Å². The molecule has 1 fully saturated rings. The minimum absolute atomic E-state index is 0.0323. The lowest BCUT2D eigenvalue weighted by atomic mass is 9.85. The molecule has 4 nitrogen and oxygen atoms in total. The van der Waals surface area contributed by atoms with Crippen LogP contribution in [-0.2, 0) is 6.18 Å².